The van der Waals surface area contributed by atoms with Gasteiger partial charge in [-0.3, -0.25) is 9.97 Å². The van der Waals surface area contributed by atoms with E-state index in [1.807, 2.05) is 44.7 Å². The largest absolute Gasteiger partial charge is 0.312 e. The summed E-state index contributed by atoms with van der Waals surface area (Å²) in [5, 5.41) is 6.89. The first-order valence-corrected chi connectivity index (χ1v) is 13.7. The van der Waals surface area contributed by atoms with Gasteiger partial charge in [0.1, 0.15) is 0 Å². The maximum atomic E-state index is 4.21. The van der Waals surface area contributed by atoms with Crippen molar-refractivity contribution in [1.82, 2.24) is 20.6 Å². The number of fused-ring (bicyclic) bond motifs is 2. The quantitative estimate of drug-likeness (QED) is 0.282. The maximum Gasteiger partial charge on any atom is 0.0410 e. The van der Waals surface area contributed by atoms with Crippen molar-refractivity contribution in [1.29, 1.82) is 0 Å². The summed E-state index contributed by atoms with van der Waals surface area (Å²) in [6.07, 6.45) is 9.70. The van der Waals surface area contributed by atoms with Crippen LogP contribution in [0.15, 0.2) is 83.9 Å². The van der Waals surface area contributed by atoms with Crippen LogP contribution in [0.1, 0.15) is 49.1 Å². The molecule has 4 aromatic rings. The Bertz CT molecular complexity index is 1270. The van der Waals surface area contributed by atoms with Crippen molar-refractivity contribution in [3.8, 4) is 22.3 Å². The number of halogens is 1. The van der Waals surface area contributed by atoms with Crippen LogP contribution in [0.5, 0.6) is 0 Å². The van der Waals surface area contributed by atoms with E-state index in [-0.39, 0.29) is 0 Å². The van der Waals surface area contributed by atoms with E-state index in [2.05, 4.69) is 92.0 Å². The first-order valence-electron chi connectivity index (χ1n) is 12.9. The SMILES string of the molecule is Brc1cncc(-c2ccc3c(c2)CCNC3)c1.CC.CC1NCCc2ccc(-c3cccnc3)cc21. The number of nitrogens with one attached hydrogen (secondary N) is 2. The number of pyridine rings is 2. The molecule has 36 heavy (non-hydrogen) atoms. The second kappa shape index (κ2) is 12.9. The molecule has 4 heterocycles. The lowest BCUT2D eigenvalue weighted by atomic mass is 9.92. The van der Waals surface area contributed by atoms with Gasteiger partial charge in [0, 0.05) is 47.4 Å². The van der Waals surface area contributed by atoms with Gasteiger partial charge < -0.3 is 10.6 Å². The average molecular weight is 544 g/mol. The van der Waals surface area contributed by atoms with Gasteiger partial charge in [-0.1, -0.05) is 50.2 Å². The second-order valence-corrected chi connectivity index (χ2v) is 9.80. The molecule has 0 spiro atoms. The van der Waals surface area contributed by atoms with Crippen LogP contribution in [0.4, 0.5) is 0 Å². The van der Waals surface area contributed by atoms with Crippen molar-refractivity contribution in [2.75, 3.05) is 13.1 Å². The Morgan fingerprint density at radius 2 is 1.50 bits per heavy atom. The predicted molar refractivity (Wildman–Crippen MR) is 154 cm³/mol. The molecular weight excluding hydrogens is 508 g/mol. The molecule has 6 rings (SSSR count). The second-order valence-electron chi connectivity index (χ2n) is 8.88. The maximum absolute atomic E-state index is 4.21. The van der Waals surface area contributed by atoms with E-state index in [9.17, 15) is 0 Å². The molecule has 0 saturated heterocycles. The molecule has 0 fully saturated rings. The minimum absolute atomic E-state index is 0.454. The van der Waals surface area contributed by atoms with Gasteiger partial charge in [0.25, 0.3) is 0 Å². The Balaban J connectivity index is 0.000000158. The van der Waals surface area contributed by atoms with Crippen molar-refractivity contribution in [2.45, 2.75) is 46.2 Å². The van der Waals surface area contributed by atoms with Crippen LogP contribution in [-0.2, 0) is 19.4 Å². The van der Waals surface area contributed by atoms with E-state index in [4.69, 9.17) is 0 Å². The first kappa shape index (κ1) is 26.2. The van der Waals surface area contributed by atoms with E-state index in [1.165, 1.54) is 44.5 Å². The van der Waals surface area contributed by atoms with E-state index in [1.54, 1.807) is 0 Å². The Morgan fingerprint density at radius 1 is 0.750 bits per heavy atom. The van der Waals surface area contributed by atoms with Crippen molar-refractivity contribution < 1.29 is 0 Å². The summed E-state index contributed by atoms with van der Waals surface area (Å²) < 4.78 is 1.02. The highest BCUT2D eigenvalue weighted by Gasteiger charge is 2.16. The monoisotopic (exact) mass is 542 g/mol. The summed E-state index contributed by atoms with van der Waals surface area (Å²) in [6.45, 7) is 9.38. The Morgan fingerprint density at radius 3 is 2.28 bits per heavy atom. The molecule has 0 amide bonds. The number of hydrogen-bond acceptors (Lipinski definition) is 4. The van der Waals surface area contributed by atoms with Crippen LogP contribution in [0, 0.1) is 0 Å². The average Bonchev–Trinajstić information content (AvgIpc) is 2.95. The molecule has 186 valence electrons. The lowest BCUT2D eigenvalue weighted by Crippen LogP contribution is -2.27. The smallest absolute Gasteiger partial charge is 0.0410 e. The van der Waals surface area contributed by atoms with Gasteiger partial charge in [0.2, 0.25) is 0 Å². The normalized spacial score (nSPS) is 15.8. The molecule has 0 bridgehead atoms. The molecule has 5 heteroatoms. The van der Waals surface area contributed by atoms with Gasteiger partial charge in [-0.25, -0.2) is 0 Å². The molecule has 4 nitrogen and oxygen atoms in total. The lowest BCUT2D eigenvalue weighted by molar-refractivity contribution is 0.541. The van der Waals surface area contributed by atoms with Crippen LogP contribution in [0.3, 0.4) is 0 Å². The fourth-order valence-electron chi connectivity index (χ4n) is 4.70. The Labute approximate surface area is 223 Å². The number of rotatable bonds is 2. The molecule has 0 saturated carbocycles. The summed E-state index contributed by atoms with van der Waals surface area (Å²) in [4.78, 5) is 8.39. The van der Waals surface area contributed by atoms with Crippen LogP contribution in [0.2, 0.25) is 0 Å². The highest BCUT2D eigenvalue weighted by molar-refractivity contribution is 9.10. The van der Waals surface area contributed by atoms with Gasteiger partial charge in [-0.05, 0) is 106 Å². The fourth-order valence-corrected chi connectivity index (χ4v) is 5.06. The number of hydrogen-bond donors (Lipinski definition) is 2. The molecule has 1 atom stereocenters. The third kappa shape index (κ3) is 6.47. The van der Waals surface area contributed by atoms with Crippen LogP contribution in [0.25, 0.3) is 22.3 Å². The van der Waals surface area contributed by atoms with Crippen molar-refractivity contribution in [2.24, 2.45) is 0 Å². The molecule has 2 N–H and O–H groups in total. The first-order chi connectivity index (χ1) is 17.7. The summed E-state index contributed by atoms with van der Waals surface area (Å²) >= 11 is 3.46. The topological polar surface area (TPSA) is 49.8 Å². The lowest BCUT2D eigenvalue weighted by Gasteiger charge is -2.24. The summed E-state index contributed by atoms with van der Waals surface area (Å²) in [7, 11) is 0. The Hall–Kier alpha value is -2.86. The van der Waals surface area contributed by atoms with E-state index in [0.29, 0.717) is 6.04 Å². The molecule has 0 aliphatic carbocycles. The number of nitrogens with zero attached hydrogens (tertiary/aromatic N) is 2. The van der Waals surface area contributed by atoms with Crippen LogP contribution < -0.4 is 10.6 Å². The summed E-state index contributed by atoms with van der Waals surface area (Å²) in [5.41, 5.74) is 10.6. The Kier molecular flexibility index (Phi) is 9.40. The molecule has 2 aromatic heterocycles. The van der Waals surface area contributed by atoms with Gasteiger partial charge in [0.15, 0.2) is 0 Å². The third-order valence-corrected chi connectivity index (χ3v) is 7.02. The zero-order chi connectivity index (χ0) is 25.3. The summed E-state index contributed by atoms with van der Waals surface area (Å²) in [5.74, 6) is 0. The third-order valence-electron chi connectivity index (χ3n) is 6.58. The number of benzene rings is 2. The van der Waals surface area contributed by atoms with E-state index < -0.39 is 0 Å². The van der Waals surface area contributed by atoms with Gasteiger partial charge in [-0.15, -0.1) is 0 Å². The highest BCUT2D eigenvalue weighted by Crippen LogP contribution is 2.28. The molecular formula is C31H35BrN4. The number of aromatic nitrogens is 2. The predicted octanol–water partition coefficient (Wildman–Crippen LogP) is 7.14. The molecule has 2 aromatic carbocycles. The highest BCUT2D eigenvalue weighted by atomic mass is 79.9. The van der Waals surface area contributed by atoms with E-state index in [0.717, 1.165) is 36.9 Å². The zero-order valence-corrected chi connectivity index (χ0v) is 23.0. The van der Waals surface area contributed by atoms with Crippen LogP contribution >= 0.6 is 15.9 Å². The molecule has 0 radical (unpaired) electrons. The van der Waals surface area contributed by atoms with Gasteiger partial charge in [-0.2, -0.15) is 0 Å². The van der Waals surface area contributed by atoms with Crippen molar-refractivity contribution in [3.63, 3.8) is 0 Å². The standard InChI is InChI=1S/C15H16N2.C14H13BrN2.C2H6/c1-11-15-9-13(14-3-2-7-16-10-14)5-4-12(15)6-8-17-11;15-14-6-13(8-17-9-14)10-1-2-12-7-16-4-3-11(12)5-10;1-2/h2-5,7,9-11,17H,6,8H2,1H3;1-2,5-6,8-9,16H,3-4,7H2;1-2H3. The van der Waals surface area contributed by atoms with Crippen molar-refractivity contribution >= 4 is 15.9 Å². The minimum Gasteiger partial charge on any atom is -0.312 e. The van der Waals surface area contributed by atoms with Gasteiger partial charge in [0.05, 0.1) is 0 Å². The molecule has 1 unspecified atom stereocenters. The van der Waals surface area contributed by atoms with Gasteiger partial charge >= 0.3 is 0 Å². The van der Waals surface area contributed by atoms with E-state index >= 15 is 0 Å². The van der Waals surface area contributed by atoms with Crippen LogP contribution in [-0.4, -0.2) is 23.1 Å². The minimum atomic E-state index is 0.454. The van der Waals surface area contributed by atoms with Crippen molar-refractivity contribution in [3.05, 3.63) is 106 Å². The zero-order valence-electron chi connectivity index (χ0n) is 21.4. The fraction of sp³-hybridized carbons (Fsp3) is 0.290. The summed E-state index contributed by atoms with van der Waals surface area (Å²) in [6, 6.07) is 20.1. The molecule has 2 aliphatic heterocycles. The molecule has 2 aliphatic rings.